The lowest BCUT2D eigenvalue weighted by Crippen LogP contribution is -2.25. The lowest BCUT2D eigenvalue weighted by molar-refractivity contribution is 0.660. The van der Waals surface area contributed by atoms with Gasteiger partial charge in [-0.1, -0.05) is 86.6 Å². The smallest absolute Gasteiger partial charge is 0.0578 e. The van der Waals surface area contributed by atoms with Gasteiger partial charge in [-0.05, 0) is 57.6 Å². The molecule has 0 saturated heterocycles. The van der Waals surface area contributed by atoms with Gasteiger partial charge in [-0.25, -0.2) is 5.84 Å². The fraction of sp³-hybridized carbons (Fsp3) is 0.111. The normalized spacial score (nSPS) is 13.6. The summed E-state index contributed by atoms with van der Waals surface area (Å²) in [6, 6.07) is 34.0. The SMILES string of the molecule is CC1(C)c2ccccc2-c2ccc(N(N)c3ccc(-c4ccccc4)cc3)cc21. The molecule has 0 bridgehead atoms. The topological polar surface area (TPSA) is 29.3 Å². The molecule has 0 atom stereocenters. The van der Waals surface area contributed by atoms with Crippen LogP contribution in [0.5, 0.6) is 0 Å². The van der Waals surface area contributed by atoms with E-state index in [0.29, 0.717) is 0 Å². The summed E-state index contributed by atoms with van der Waals surface area (Å²) in [6.45, 7) is 4.58. The molecule has 0 heterocycles. The molecule has 142 valence electrons. The number of nitrogens with two attached hydrogens (primary N) is 1. The van der Waals surface area contributed by atoms with Gasteiger partial charge in [-0.15, -0.1) is 0 Å². The molecule has 4 aromatic rings. The zero-order valence-electron chi connectivity index (χ0n) is 16.8. The first-order valence-corrected chi connectivity index (χ1v) is 10.0. The molecule has 1 aliphatic rings. The highest BCUT2D eigenvalue weighted by molar-refractivity contribution is 5.83. The van der Waals surface area contributed by atoms with Crippen molar-refractivity contribution < 1.29 is 0 Å². The number of rotatable bonds is 3. The second kappa shape index (κ2) is 6.61. The van der Waals surface area contributed by atoms with Crippen LogP contribution in [0.2, 0.25) is 0 Å². The van der Waals surface area contributed by atoms with Gasteiger partial charge >= 0.3 is 0 Å². The van der Waals surface area contributed by atoms with Crippen LogP contribution in [0.4, 0.5) is 11.4 Å². The van der Waals surface area contributed by atoms with Crippen LogP contribution in [0.15, 0.2) is 97.1 Å². The van der Waals surface area contributed by atoms with Crippen molar-refractivity contribution in [3.05, 3.63) is 108 Å². The highest BCUT2D eigenvalue weighted by Crippen LogP contribution is 2.49. The van der Waals surface area contributed by atoms with E-state index in [1.165, 1.54) is 33.4 Å². The molecule has 4 aromatic carbocycles. The van der Waals surface area contributed by atoms with E-state index >= 15 is 0 Å². The number of fused-ring (bicyclic) bond motifs is 3. The number of nitrogens with zero attached hydrogens (tertiary/aromatic N) is 1. The molecular formula is C27H24N2. The average Bonchev–Trinajstić information content (AvgIpc) is 3.01. The summed E-state index contributed by atoms with van der Waals surface area (Å²) in [5, 5.41) is 1.77. The van der Waals surface area contributed by atoms with Crippen molar-refractivity contribution in [2.24, 2.45) is 5.84 Å². The standard InChI is InChI=1S/C27H24N2/c1-27(2)25-11-7-6-10-23(25)24-17-16-22(18-26(24)27)29(28)21-14-12-20(13-15-21)19-8-4-3-5-9-19/h3-18H,28H2,1-2H3. The highest BCUT2D eigenvalue weighted by Gasteiger charge is 2.35. The summed E-state index contributed by atoms with van der Waals surface area (Å²) in [5.41, 5.74) is 9.68. The first-order chi connectivity index (χ1) is 14.1. The van der Waals surface area contributed by atoms with Gasteiger partial charge in [0.25, 0.3) is 0 Å². The van der Waals surface area contributed by atoms with Crippen LogP contribution in [0, 0.1) is 0 Å². The van der Waals surface area contributed by atoms with Crippen LogP contribution in [0.3, 0.4) is 0 Å². The highest BCUT2D eigenvalue weighted by atomic mass is 15.4. The number of benzene rings is 4. The number of hydrogen-bond acceptors (Lipinski definition) is 2. The minimum atomic E-state index is -0.0278. The maximum Gasteiger partial charge on any atom is 0.0578 e. The Bertz CT molecular complexity index is 1170. The summed E-state index contributed by atoms with van der Waals surface area (Å²) in [7, 11) is 0. The summed E-state index contributed by atoms with van der Waals surface area (Å²) < 4.78 is 0. The van der Waals surface area contributed by atoms with Crippen molar-refractivity contribution >= 4 is 11.4 Å². The Morgan fingerprint density at radius 3 is 1.93 bits per heavy atom. The van der Waals surface area contributed by atoms with Gasteiger partial charge in [0.2, 0.25) is 0 Å². The van der Waals surface area contributed by atoms with Gasteiger partial charge in [0.1, 0.15) is 0 Å². The van der Waals surface area contributed by atoms with Gasteiger partial charge in [-0.2, -0.15) is 0 Å². The van der Waals surface area contributed by atoms with Gasteiger partial charge in [-0.3, -0.25) is 5.01 Å². The van der Waals surface area contributed by atoms with Crippen LogP contribution in [-0.2, 0) is 5.41 Å². The third-order valence-electron chi connectivity index (χ3n) is 6.10. The van der Waals surface area contributed by atoms with Crippen molar-refractivity contribution in [2.75, 3.05) is 5.01 Å². The van der Waals surface area contributed by atoms with E-state index in [1.807, 2.05) is 6.07 Å². The molecule has 2 N–H and O–H groups in total. The molecule has 0 radical (unpaired) electrons. The fourth-order valence-electron chi connectivity index (χ4n) is 4.44. The van der Waals surface area contributed by atoms with Crippen molar-refractivity contribution in [2.45, 2.75) is 19.3 Å². The second-order valence-electron chi connectivity index (χ2n) is 8.18. The van der Waals surface area contributed by atoms with Crippen LogP contribution in [0.25, 0.3) is 22.3 Å². The van der Waals surface area contributed by atoms with E-state index in [-0.39, 0.29) is 5.41 Å². The third kappa shape index (κ3) is 2.84. The summed E-state index contributed by atoms with van der Waals surface area (Å²) >= 11 is 0. The Balaban J connectivity index is 1.49. The number of anilines is 2. The first kappa shape index (κ1) is 17.7. The zero-order valence-corrected chi connectivity index (χ0v) is 16.8. The third-order valence-corrected chi connectivity index (χ3v) is 6.10. The molecule has 0 saturated carbocycles. The first-order valence-electron chi connectivity index (χ1n) is 10.0. The Morgan fingerprint density at radius 2 is 1.17 bits per heavy atom. The second-order valence-corrected chi connectivity index (χ2v) is 8.18. The van der Waals surface area contributed by atoms with Crippen molar-refractivity contribution in [1.82, 2.24) is 0 Å². The predicted octanol–water partition coefficient (Wildman–Crippen LogP) is 6.67. The van der Waals surface area contributed by atoms with Crippen LogP contribution in [-0.4, -0.2) is 0 Å². The van der Waals surface area contributed by atoms with Crippen molar-refractivity contribution in [1.29, 1.82) is 0 Å². The minimum absolute atomic E-state index is 0.0278. The van der Waals surface area contributed by atoms with Gasteiger partial charge in [0, 0.05) is 5.41 Å². The lowest BCUT2D eigenvalue weighted by Gasteiger charge is -2.24. The molecule has 5 rings (SSSR count). The van der Waals surface area contributed by atoms with E-state index in [0.717, 1.165) is 11.4 Å². The van der Waals surface area contributed by atoms with Gasteiger partial charge in [0.05, 0.1) is 11.4 Å². The van der Waals surface area contributed by atoms with E-state index in [1.54, 1.807) is 5.01 Å². The molecule has 0 aromatic heterocycles. The molecule has 1 aliphatic carbocycles. The predicted molar refractivity (Wildman–Crippen MR) is 122 cm³/mol. The minimum Gasteiger partial charge on any atom is -0.280 e. The maximum atomic E-state index is 6.53. The molecular weight excluding hydrogens is 352 g/mol. The Kier molecular flexibility index (Phi) is 4.04. The molecule has 0 unspecified atom stereocenters. The fourth-order valence-corrected chi connectivity index (χ4v) is 4.44. The summed E-state index contributed by atoms with van der Waals surface area (Å²) in [5.74, 6) is 6.53. The number of hydrogen-bond donors (Lipinski definition) is 1. The Morgan fingerprint density at radius 1 is 0.586 bits per heavy atom. The maximum absolute atomic E-state index is 6.53. The summed E-state index contributed by atoms with van der Waals surface area (Å²) in [4.78, 5) is 0. The molecule has 0 fully saturated rings. The largest absolute Gasteiger partial charge is 0.280 e. The van der Waals surface area contributed by atoms with Gasteiger partial charge < -0.3 is 0 Å². The molecule has 2 nitrogen and oxygen atoms in total. The zero-order chi connectivity index (χ0) is 20.0. The van der Waals surface area contributed by atoms with Crippen molar-refractivity contribution in [3.8, 4) is 22.3 Å². The Labute approximate surface area is 172 Å². The lowest BCUT2D eigenvalue weighted by atomic mass is 9.82. The van der Waals surface area contributed by atoms with E-state index in [2.05, 4.69) is 105 Å². The van der Waals surface area contributed by atoms with Crippen LogP contribution < -0.4 is 10.9 Å². The quantitative estimate of drug-likeness (QED) is 0.319. The summed E-state index contributed by atoms with van der Waals surface area (Å²) in [6.07, 6.45) is 0. The van der Waals surface area contributed by atoms with E-state index < -0.39 is 0 Å². The average molecular weight is 377 g/mol. The van der Waals surface area contributed by atoms with Gasteiger partial charge in [0.15, 0.2) is 0 Å². The number of hydrazine groups is 1. The molecule has 0 aliphatic heterocycles. The molecule has 0 spiro atoms. The molecule has 2 heteroatoms. The monoisotopic (exact) mass is 376 g/mol. The van der Waals surface area contributed by atoms with Crippen molar-refractivity contribution in [3.63, 3.8) is 0 Å². The van der Waals surface area contributed by atoms with Crippen LogP contribution in [0.1, 0.15) is 25.0 Å². The van der Waals surface area contributed by atoms with Crippen LogP contribution >= 0.6 is 0 Å². The Hall–Kier alpha value is -3.36. The van der Waals surface area contributed by atoms with E-state index in [9.17, 15) is 0 Å². The van der Waals surface area contributed by atoms with E-state index in [4.69, 9.17) is 5.84 Å². The molecule has 29 heavy (non-hydrogen) atoms. The molecule has 0 amide bonds.